The van der Waals surface area contributed by atoms with Crippen molar-refractivity contribution in [1.29, 1.82) is 0 Å². The quantitative estimate of drug-likeness (QED) is 0.276. The van der Waals surface area contributed by atoms with Gasteiger partial charge < -0.3 is 4.74 Å². The summed E-state index contributed by atoms with van der Waals surface area (Å²) in [6.45, 7) is 4.13. The highest BCUT2D eigenvalue weighted by molar-refractivity contribution is 5.13. The fourth-order valence-electron chi connectivity index (χ4n) is 3.11. The van der Waals surface area contributed by atoms with Crippen molar-refractivity contribution in [3.63, 3.8) is 0 Å². The SMILES string of the molecule is CCCCCCCCCCCCCCOCCCc1cc[c]cc1. The van der Waals surface area contributed by atoms with Crippen molar-refractivity contribution < 1.29 is 4.74 Å². The van der Waals surface area contributed by atoms with Crippen LogP contribution in [0.5, 0.6) is 0 Å². The van der Waals surface area contributed by atoms with Gasteiger partial charge in [-0.2, -0.15) is 0 Å². The van der Waals surface area contributed by atoms with E-state index in [9.17, 15) is 0 Å². The summed E-state index contributed by atoms with van der Waals surface area (Å²) in [5, 5.41) is 0. The van der Waals surface area contributed by atoms with Crippen LogP contribution in [0.15, 0.2) is 24.3 Å². The third kappa shape index (κ3) is 13.6. The highest BCUT2D eigenvalue weighted by atomic mass is 16.5. The summed E-state index contributed by atoms with van der Waals surface area (Å²) in [5.74, 6) is 0. The summed E-state index contributed by atoms with van der Waals surface area (Å²) in [4.78, 5) is 0. The zero-order chi connectivity index (χ0) is 17.1. The van der Waals surface area contributed by atoms with E-state index in [4.69, 9.17) is 4.74 Å². The lowest BCUT2D eigenvalue weighted by Crippen LogP contribution is -1.98. The van der Waals surface area contributed by atoms with E-state index in [-0.39, 0.29) is 0 Å². The van der Waals surface area contributed by atoms with Gasteiger partial charge in [0.05, 0.1) is 0 Å². The molecule has 137 valence electrons. The number of unbranched alkanes of at least 4 members (excludes halogenated alkanes) is 11. The number of rotatable bonds is 17. The standard InChI is InChI=1S/C23H39O/c1-2-3-4-5-6-7-8-9-10-11-12-16-21-24-22-17-20-23-18-14-13-15-19-23/h14-15,18-19H,2-12,16-17,20-22H2,1H3. The van der Waals surface area contributed by atoms with Crippen LogP contribution < -0.4 is 0 Å². The van der Waals surface area contributed by atoms with Crippen molar-refractivity contribution in [2.75, 3.05) is 13.2 Å². The molecule has 1 aromatic rings. The summed E-state index contributed by atoms with van der Waals surface area (Å²) < 4.78 is 5.74. The van der Waals surface area contributed by atoms with Gasteiger partial charge in [-0.15, -0.1) is 0 Å². The van der Waals surface area contributed by atoms with Crippen LogP contribution in [0.25, 0.3) is 0 Å². The maximum absolute atomic E-state index is 5.74. The zero-order valence-corrected chi connectivity index (χ0v) is 16.0. The molecule has 1 radical (unpaired) electrons. The van der Waals surface area contributed by atoms with Gasteiger partial charge >= 0.3 is 0 Å². The number of hydrogen-bond donors (Lipinski definition) is 0. The van der Waals surface area contributed by atoms with Gasteiger partial charge in [0, 0.05) is 13.2 Å². The molecule has 0 fully saturated rings. The topological polar surface area (TPSA) is 9.23 Å². The van der Waals surface area contributed by atoms with Gasteiger partial charge in [0.1, 0.15) is 0 Å². The molecule has 0 aliphatic carbocycles. The molecule has 0 aromatic heterocycles. The lowest BCUT2D eigenvalue weighted by atomic mass is 10.1. The van der Waals surface area contributed by atoms with E-state index in [1.54, 1.807) is 0 Å². The summed E-state index contributed by atoms with van der Waals surface area (Å²) in [5.41, 5.74) is 1.39. The Morgan fingerprint density at radius 1 is 0.667 bits per heavy atom. The Bertz CT molecular complexity index is 346. The van der Waals surface area contributed by atoms with Gasteiger partial charge in [-0.25, -0.2) is 0 Å². The maximum atomic E-state index is 5.74. The first kappa shape index (κ1) is 21.2. The molecular weight excluding hydrogens is 292 g/mol. The van der Waals surface area contributed by atoms with Crippen molar-refractivity contribution in [3.8, 4) is 0 Å². The number of ether oxygens (including phenoxy) is 1. The Morgan fingerprint density at radius 3 is 1.75 bits per heavy atom. The molecule has 0 bridgehead atoms. The normalized spacial score (nSPS) is 11.0. The minimum atomic E-state index is 0.899. The molecule has 1 nitrogen and oxygen atoms in total. The Hall–Kier alpha value is -0.820. The third-order valence-electron chi connectivity index (χ3n) is 4.68. The Balaban J connectivity index is 1.70. The van der Waals surface area contributed by atoms with E-state index in [2.05, 4.69) is 25.1 Å². The highest BCUT2D eigenvalue weighted by Crippen LogP contribution is 2.12. The average Bonchev–Trinajstić information content (AvgIpc) is 2.62. The smallest absolute Gasteiger partial charge is 0.0469 e. The summed E-state index contributed by atoms with van der Waals surface area (Å²) >= 11 is 0. The lowest BCUT2D eigenvalue weighted by molar-refractivity contribution is 0.127. The van der Waals surface area contributed by atoms with E-state index in [1.165, 1.54) is 82.6 Å². The minimum absolute atomic E-state index is 0.899. The summed E-state index contributed by atoms with van der Waals surface area (Å²) in [6, 6.07) is 11.3. The van der Waals surface area contributed by atoms with E-state index in [0.29, 0.717) is 0 Å². The van der Waals surface area contributed by atoms with Gasteiger partial charge in [0.15, 0.2) is 0 Å². The number of hydrogen-bond acceptors (Lipinski definition) is 1. The number of aryl methyl sites for hydroxylation is 1. The van der Waals surface area contributed by atoms with Gasteiger partial charge in [-0.3, -0.25) is 0 Å². The molecule has 0 unspecified atom stereocenters. The molecule has 1 heteroatoms. The molecule has 0 aliphatic heterocycles. The van der Waals surface area contributed by atoms with Gasteiger partial charge in [0.2, 0.25) is 0 Å². The Kier molecular flexibility index (Phi) is 15.0. The molecule has 0 N–H and O–H groups in total. The monoisotopic (exact) mass is 331 g/mol. The molecule has 0 atom stereocenters. The van der Waals surface area contributed by atoms with E-state index < -0.39 is 0 Å². The fraction of sp³-hybridized carbons (Fsp3) is 0.739. The molecule has 1 aromatic carbocycles. The third-order valence-corrected chi connectivity index (χ3v) is 4.68. The first-order chi connectivity index (χ1) is 11.9. The first-order valence-electron chi connectivity index (χ1n) is 10.5. The molecule has 0 amide bonds. The van der Waals surface area contributed by atoms with E-state index >= 15 is 0 Å². The predicted octanol–water partition coefficient (Wildman–Crippen LogP) is 7.14. The van der Waals surface area contributed by atoms with Crippen LogP contribution in [0, 0.1) is 6.07 Å². The second-order valence-corrected chi connectivity index (χ2v) is 7.01. The Morgan fingerprint density at radius 2 is 1.17 bits per heavy atom. The molecular formula is C23H39O. The van der Waals surface area contributed by atoms with Crippen LogP contribution in [0.3, 0.4) is 0 Å². The van der Waals surface area contributed by atoms with Crippen molar-refractivity contribution >= 4 is 0 Å². The van der Waals surface area contributed by atoms with Crippen molar-refractivity contribution in [1.82, 2.24) is 0 Å². The molecule has 0 saturated carbocycles. The van der Waals surface area contributed by atoms with Gasteiger partial charge in [-0.1, -0.05) is 102 Å². The van der Waals surface area contributed by atoms with Crippen LogP contribution in [-0.4, -0.2) is 13.2 Å². The molecule has 0 spiro atoms. The highest BCUT2D eigenvalue weighted by Gasteiger charge is 1.95. The van der Waals surface area contributed by atoms with Crippen molar-refractivity contribution in [2.45, 2.75) is 96.8 Å². The molecule has 24 heavy (non-hydrogen) atoms. The molecule has 1 rings (SSSR count). The largest absolute Gasteiger partial charge is 0.381 e. The number of benzene rings is 1. The molecule has 0 aliphatic rings. The predicted molar refractivity (Wildman–Crippen MR) is 105 cm³/mol. The van der Waals surface area contributed by atoms with E-state index in [0.717, 1.165) is 26.1 Å². The van der Waals surface area contributed by atoms with Crippen LogP contribution in [0.4, 0.5) is 0 Å². The van der Waals surface area contributed by atoms with Crippen LogP contribution >= 0.6 is 0 Å². The summed E-state index contributed by atoms with van der Waals surface area (Å²) in [6.07, 6.45) is 19.1. The minimum Gasteiger partial charge on any atom is -0.381 e. The van der Waals surface area contributed by atoms with Crippen molar-refractivity contribution in [2.24, 2.45) is 0 Å². The van der Waals surface area contributed by atoms with Gasteiger partial charge in [-0.05, 0) is 30.9 Å². The Labute approximate surface area is 151 Å². The fourth-order valence-corrected chi connectivity index (χ4v) is 3.11. The first-order valence-corrected chi connectivity index (χ1v) is 10.5. The zero-order valence-electron chi connectivity index (χ0n) is 16.0. The van der Waals surface area contributed by atoms with Gasteiger partial charge in [0.25, 0.3) is 0 Å². The van der Waals surface area contributed by atoms with Crippen LogP contribution in [0.1, 0.15) is 96.0 Å². The van der Waals surface area contributed by atoms with Crippen LogP contribution in [0.2, 0.25) is 0 Å². The second kappa shape index (κ2) is 17.0. The molecule has 0 heterocycles. The van der Waals surface area contributed by atoms with Crippen LogP contribution in [-0.2, 0) is 11.2 Å². The second-order valence-electron chi connectivity index (χ2n) is 7.01. The maximum Gasteiger partial charge on any atom is 0.0469 e. The van der Waals surface area contributed by atoms with Crippen molar-refractivity contribution in [3.05, 3.63) is 35.9 Å². The summed E-state index contributed by atoms with van der Waals surface area (Å²) in [7, 11) is 0. The lowest BCUT2D eigenvalue weighted by Gasteiger charge is -2.05. The van der Waals surface area contributed by atoms with E-state index in [1.807, 2.05) is 12.1 Å². The average molecular weight is 332 g/mol. The molecule has 0 saturated heterocycles.